The molecular formula is C23H39N3O3S. The van der Waals surface area contributed by atoms with E-state index in [4.69, 9.17) is 4.74 Å². The third-order valence-corrected chi connectivity index (χ3v) is 6.90. The third-order valence-electron chi connectivity index (χ3n) is 5.29. The molecule has 2 rings (SSSR count). The minimum Gasteiger partial charge on any atom is -0.598 e. The highest BCUT2D eigenvalue weighted by atomic mass is 32.2. The van der Waals surface area contributed by atoms with Crippen molar-refractivity contribution < 1.29 is 14.1 Å². The van der Waals surface area contributed by atoms with E-state index in [2.05, 4.69) is 23.6 Å². The molecule has 6 nitrogen and oxygen atoms in total. The first-order valence-electron chi connectivity index (χ1n) is 10.8. The summed E-state index contributed by atoms with van der Waals surface area (Å²) in [6.07, 6.45) is 4.17. The van der Waals surface area contributed by atoms with Crippen LogP contribution in [0.15, 0.2) is 24.4 Å². The number of rotatable bonds is 6. The molecule has 1 N–H and O–H groups in total. The van der Waals surface area contributed by atoms with Gasteiger partial charge in [0.15, 0.2) is 0 Å². The number of nitrogens with zero attached hydrogens (tertiary/aromatic N) is 2. The van der Waals surface area contributed by atoms with E-state index < -0.39 is 17.0 Å². The van der Waals surface area contributed by atoms with Gasteiger partial charge in [0.1, 0.15) is 10.3 Å². The fourth-order valence-electron chi connectivity index (χ4n) is 3.78. The first-order valence-corrected chi connectivity index (χ1v) is 11.9. The van der Waals surface area contributed by atoms with Crippen molar-refractivity contribution in [3.05, 3.63) is 30.1 Å². The van der Waals surface area contributed by atoms with E-state index in [0.29, 0.717) is 12.5 Å². The average molecular weight is 438 g/mol. The first-order chi connectivity index (χ1) is 13.7. The maximum absolute atomic E-state index is 12.7. The molecule has 2 heterocycles. The van der Waals surface area contributed by atoms with Crippen LogP contribution in [0.25, 0.3) is 0 Å². The number of ether oxygens (including phenoxy) is 1. The van der Waals surface area contributed by atoms with Gasteiger partial charge >= 0.3 is 6.09 Å². The lowest BCUT2D eigenvalue weighted by Gasteiger charge is -2.33. The molecule has 3 atom stereocenters. The van der Waals surface area contributed by atoms with Crippen LogP contribution >= 0.6 is 0 Å². The second-order valence-electron chi connectivity index (χ2n) is 10.9. The van der Waals surface area contributed by atoms with Crippen molar-refractivity contribution >= 4 is 17.5 Å². The van der Waals surface area contributed by atoms with Crippen LogP contribution in [0, 0.1) is 5.92 Å². The van der Waals surface area contributed by atoms with Crippen LogP contribution in [0.2, 0.25) is 0 Å². The summed E-state index contributed by atoms with van der Waals surface area (Å²) < 4.78 is 21.3. The molecule has 1 unspecified atom stereocenters. The summed E-state index contributed by atoms with van der Waals surface area (Å²) in [7, 11) is 0. The van der Waals surface area contributed by atoms with Gasteiger partial charge in [-0.05, 0) is 92.7 Å². The number of hydrogen-bond acceptors (Lipinski definition) is 5. The third kappa shape index (κ3) is 7.13. The number of likely N-dealkylation sites (tertiary alicyclic amines) is 1. The highest BCUT2D eigenvalue weighted by Gasteiger charge is 2.43. The van der Waals surface area contributed by atoms with E-state index in [1.165, 1.54) is 0 Å². The summed E-state index contributed by atoms with van der Waals surface area (Å²) in [6.45, 7) is 16.4. The van der Waals surface area contributed by atoms with Crippen molar-refractivity contribution in [1.82, 2.24) is 14.6 Å². The van der Waals surface area contributed by atoms with Crippen molar-refractivity contribution in [3.8, 4) is 0 Å². The van der Waals surface area contributed by atoms with Crippen molar-refractivity contribution in [1.29, 1.82) is 0 Å². The summed E-state index contributed by atoms with van der Waals surface area (Å²) >= 11 is -1.19. The van der Waals surface area contributed by atoms with Gasteiger partial charge in [-0.15, -0.1) is 4.72 Å². The Bertz CT molecular complexity index is 698. The Balaban J connectivity index is 2.05. The number of carbonyl (C=O) groups is 1. The van der Waals surface area contributed by atoms with Crippen LogP contribution in [-0.2, 0) is 16.1 Å². The molecule has 1 aliphatic rings. The molecule has 0 spiro atoms. The highest BCUT2D eigenvalue weighted by molar-refractivity contribution is 7.90. The van der Waals surface area contributed by atoms with Crippen LogP contribution in [0.1, 0.15) is 86.4 Å². The van der Waals surface area contributed by atoms with Gasteiger partial charge in [0.2, 0.25) is 0 Å². The lowest BCUT2D eigenvalue weighted by Crippen LogP contribution is -2.45. The Labute approximate surface area is 185 Å². The molecule has 30 heavy (non-hydrogen) atoms. The molecule has 7 heteroatoms. The number of hydrogen-bond donors (Lipinski definition) is 1. The van der Waals surface area contributed by atoms with E-state index in [9.17, 15) is 9.35 Å². The Kier molecular flexibility index (Phi) is 7.86. The Morgan fingerprint density at radius 1 is 1.33 bits per heavy atom. The fraction of sp³-hybridized carbons (Fsp3) is 0.739. The van der Waals surface area contributed by atoms with Crippen LogP contribution in [-0.4, -0.2) is 43.0 Å². The van der Waals surface area contributed by atoms with Gasteiger partial charge < -0.3 is 14.2 Å². The van der Waals surface area contributed by atoms with Crippen molar-refractivity contribution in [2.24, 2.45) is 5.92 Å². The quantitative estimate of drug-likeness (QED) is 0.634. The van der Waals surface area contributed by atoms with E-state index in [1.54, 1.807) is 6.20 Å². The number of nitrogens with one attached hydrogen (secondary N) is 1. The van der Waals surface area contributed by atoms with Crippen molar-refractivity contribution in [2.45, 2.75) is 96.6 Å². The lowest BCUT2D eigenvalue weighted by molar-refractivity contribution is 0.0131. The molecule has 1 aromatic rings. The van der Waals surface area contributed by atoms with Gasteiger partial charge in [0.25, 0.3) is 0 Å². The minimum absolute atomic E-state index is 0.0926. The van der Waals surface area contributed by atoms with Gasteiger partial charge in [-0.2, -0.15) is 0 Å². The Hall–Kier alpha value is -1.31. The predicted octanol–water partition coefficient (Wildman–Crippen LogP) is 4.99. The van der Waals surface area contributed by atoms with Crippen LogP contribution in [0.5, 0.6) is 0 Å². The summed E-state index contributed by atoms with van der Waals surface area (Å²) in [5.41, 5.74) is 0.155. The minimum atomic E-state index is -1.19. The lowest BCUT2D eigenvalue weighted by atomic mass is 9.91. The largest absolute Gasteiger partial charge is 0.598 e. The number of carbonyl (C=O) groups excluding carboxylic acids is 1. The van der Waals surface area contributed by atoms with Gasteiger partial charge in [-0.25, -0.2) is 4.79 Å². The fourth-order valence-corrected chi connectivity index (χ4v) is 4.63. The highest BCUT2D eigenvalue weighted by Crippen LogP contribution is 2.37. The monoisotopic (exact) mass is 437 g/mol. The molecule has 0 aromatic carbocycles. The smallest absolute Gasteiger partial charge is 0.410 e. The topological polar surface area (TPSA) is 77.5 Å². The Morgan fingerprint density at radius 3 is 2.53 bits per heavy atom. The van der Waals surface area contributed by atoms with Crippen LogP contribution in [0.4, 0.5) is 4.79 Å². The van der Waals surface area contributed by atoms with E-state index in [0.717, 1.165) is 25.0 Å². The molecule has 1 aromatic heterocycles. The molecule has 1 amide bonds. The molecule has 0 aliphatic carbocycles. The summed E-state index contributed by atoms with van der Waals surface area (Å²) in [4.78, 5) is 19.0. The number of amides is 1. The van der Waals surface area contributed by atoms with E-state index in [-0.39, 0.29) is 22.4 Å². The zero-order valence-electron chi connectivity index (χ0n) is 19.8. The Morgan fingerprint density at radius 2 is 2.00 bits per heavy atom. The molecule has 1 saturated heterocycles. The maximum atomic E-state index is 12.7. The maximum Gasteiger partial charge on any atom is 0.410 e. The molecule has 0 saturated carbocycles. The van der Waals surface area contributed by atoms with Crippen LogP contribution < -0.4 is 4.72 Å². The summed E-state index contributed by atoms with van der Waals surface area (Å²) in [5, 5.41) is 0. The zero-order valence-corrected chi connectivity index (χ0v) is 20.6. The molecule has 0 bridgehead atoms. The van der Waals surface area contributed by atoms with E-state index >= 15 is 0 Å². The SMILES string of the molecule is CC(C)(C)OC(=O)N1C[C@@H](CC[C@H](N[S+]([O-])C(C)(C)C)c2ccccn2)CC1(C)C. The van der Waals surface area contributed by atoms with Crippen LogP contribution in [0.3, 0.4) is 0 Å². The molecule has 0 radical (unpaired) electrons. The first kappa shape index (κ1) is 25.0. The molecule has 170 valence electrons. The predicted molar refractivity (Wildman–Crippen MR) is 122 cm³/mol. The summed E-state index contributed by atoms with van der Waals surface area (Å²) in [5.74, 6) is 0.364. The molecule has 1 aliphatic heterocycles. The van der Waals surface area contributed by atoms with Crippen molar-refractivity contribution in [3.63, 3.8) is 0 Å². The standard InChI is InChI=1S/C23H39N3O3S/c1-21(2,3)29-20(27)26-16-17(15-23(26,7)8)12-13-19(18-11-9-10-14-24-18)25-30(28)22(4,5)6/h9-11,14,17,19,25H,12-13,15-16H2,1-8H3/t17-,19-,30?/m0/s1. The summed E-state index contributed by atoms with van der Waals surface area (Å²) in [6, 6.07) is 5.73. The van der Waals surface area contributed by atoms with Gasteiger partial charge in [0, 0.05) is 29.6 Å². The molecule has 1 fully saturated rings. The van der Waals surface area contributed by atoms with Crippen molar-refractivity contribution in [2.75, 3.05) is 6.54 Å². The molecular weight excluding hydrogens is 398 g/mol. The zero-order chi connectivity index (χ0) is 22.7. The second-order valence-corrected chi connectivity index (χ2v) is 12.9. The van der Waals surface area contributed by atoms with Gasteiger partial charge in [-0.1, -0.05) is 6.07 Å². The van der Waals surface area contributed by atoms with Gasteiger partial charge in [-0.3, -0.25) is 4.98 Å². The normalized spacial score (nSPS) is 21.4. The second kappa shape index (κ2) is 9.45. The van der Waals surface area contributed by atoms with Gasteiger partial charge in [0.05, 0.1) is 11.7 Å². The number of aromatic nitrogens is 1. The van der Waals surface area contributed by atoms with E-state index in [1.807, 2.05) is 64.6 Å². The number of pyridine rings is 1. The average Bonchev–Trinajstić information content (AvgIpc) is 2.91.